The minimum Gasteiger partial charge on any atom is -0.470 e. The molecule has 210 valence electrons. The van der Waals surface area contributed by atoms with Crippen molar-refractivity contribution >= 4 is 11.9 Å². The fraction of sp³-hybridized carbons (Fsp3) is 0.500. The second kappa shape index (κ2) is 10.5. The summed E-state index contributed by atoms with van der Waals surface area (Å²) in [5.41, 5.74) is 3.42. The van der Waals surface area contributed by atoms with E-state index in [2.05, 4.69) is 30.4 Å². The average molecular weight is 552 g/mol. The van der Waals surface area contributed by atoms with Gasteiger partial charge in [0.15, 0.2) is 18.0 Å². The molecular weight excluding hydrogens is 522 g/mol. The fourth-order valence-electron chi connectivity index (χ4n) is 5.00. The molecule has 14 nitrogen and oxygen atoms in total. The molecule has 1 saturated carbocycles. The number of hydrogen-bond acceptors (Lipinski definition) is 13. The van der Waals surface area contributed by atoms with Crippen molar-refractivity contribution in [1.29, 1.82) is 0 Å². The van der Waals surface area contributed by atoms with Crippen LogP contribution in [0.4, 0.5) is 0 Å². The first-order chi connectivity index (χ1) is 19.3. The molecule has 3 aromatic heterocycles. The number of hydrogen-bond donors (Lipinski definition) is 2. The minimum absolute atomic E-state index is 0.00215. The van der Waals surface area contributed by atoms with Crippen LogP contribution in [0.5, 0.6) is 17.4 Å². The Labute approximate surface area is 228 Å². The topological polar surface area (TPSA) is 175 Å². The van der Waals surface area contributed by atoms with Crippen LogP contribution in [0.25, 0.3) is 5.69 Å². The first-order valence-electron chi connectivity index (χ1n) is 13.2. The molecule has 2 unspecified atom stereocenters. The first kappa shape index (κ1) is 26.2. The Morgan fingerprint density at radius 1 is 1.02 bits per heavy atom. The molecule has 3 aliphatic rings. The molecule has 0 aromatic carbocycles. The van der Waals surface area contributed by atoms with Gasteiger partial charge >= 0.3 is 11.9 Å². The van der Waals surface area contributed by atoms with Crippen molar-refractivity contribution in [1.82, 2.24) is 35.1 Å². The van der Waals surface area contributed by atoms with Crippen molar-refractivity contribution < 1.29 is 34.0 Å². The van der Waals surface area contributed by atoms with Gasteiger partial charge in [-0.15, -0.1) is 10.2 Å². The van der Waals surface area contributed by atoms with Crippen LogP contribution >= 0.6 is 0 Å². The SMILES string of the molecule is Cc1ncc(-n2nnc(C)c2COc2cc3c(nn2)CN(CC2CCC2)CC3)c2c1OC(=O)C(O)C(O)C(=O)O2. The molecule has 3 aromatic rings. The molecule has 14 heteroatoms. The number of carbonyl (C=O) groups excluding carboxylic acids is 2. The third-order valence-electron chi connectivity index (χ3n) is 7.63. The Balaban J connectivity index is 1.24. The highest BCUT2D eigenvalue weighted by Crippen LogP contribution is 2.38. The minimum atomic E-state index is -2.13. The summed E-state index contributed by atoms with van der Waals surface area (Å²) < 4.78 is 17.9. The van der Waals surface area contributed by atoms with E-state index < -0.39 is 24.1 Å². The lowest BCUT2D eigenvalue weighted by Gasteiger charge is -2.34. The molecule has 2 N–H and O–H groups in total. The zero-order chi connectivity index (χ0) is 28.0. The van der Waals surface area contributed by atoms with E-state index in [0.717, 1.165) is 43.2 Å². The van der Waals surface area contributed by atoms with Crippen LogP contribution in [0.15, 0.2) is 12.3 Å². The predicted molar refractivity (Wildman–Crippen MR) is 135 cm³/mol. The van der Waals surface area contributed by atoms with Crippen molar-refractivity contribution in [3.8, 4) is 23.1 Å². The van der Waals surface area contributed by atoms with E-state index in [9.17, 15) is 19.8 Å². The molecule has 2 atom stereocenters. The number of pyridine rings is 1. The molecule has 0 spiro atoms. The van der Waals surface area contributed by atoms with Crippen LogP contribution in [0, 0.1) is 19.8 Å². The van der Waals surface area contributed by atoms with E-state index in [1.54, 1.807) is 6.92 Å². The predicted octanol–water partition coefficient (Wildman–Crippen LogP) is 0.353. The molecule has 0 bridgehead atoms. The van der Waals surface area contributed by atoms with Crippen molar-refractivity contribution in [2.75, 3.05) is 13.1 Å². The third-order valence-corrected chi connectivity index (χ3v) is 7.63. The summed E-state index contributed by atoms with van der Waals surface area (Å²) in [5.74, 6) is -1.69. The zero-order valence-electron chi connectivity index (χ0n) is 22.1. The van der Waals surface area contributed by atoms with Crippen LogP contribution in [-0.4, -0.2) is 82.5 Å². The number of fused-ring (bicyclic) bond motifs is 2. The zero-order valence-corrected chi connectivity index (χ0v) is 22.1. The van der Waals surface area contributed by atoms with Gasteiger partial charge in [-0.25, -0.2) is 14.3 Å². The molecule has 6 rings (SSSR count). The molecule has 5 heterocycles. The molecule has 40 heavy (non-hydrogen) atoms. The molecule has 2 aliphatic heterocycles. The Hall–Kier alpha value is -4.01. The van der Waals surface area contributed by atoms with Gasteiger partial charge in [-0.2, -0.15) is 5.10 Å². The standard InChI is InChI=1S/C26H29N7O7/c1-13-19(12-38-20-8-16-6-7-32(10-15-4-3-5-15)11-17(16)29-30-20)33(31-28-13)18-9-27-14(2)23-24(18)40-26(37)22(35)21(34)25(36)39-23/h8-9,15,21-22,34-35H,3-7,10-12H2,1-2H3. The number of aryl methyl sites for hydroxylation is 2. The summed E-state index contributed by atoms with van der Waals surface area (Å²) in [7, 11) is 0. The summed E-state index contributed by atoms with van der Waals surface area (Å²) >= 11 is 0. The second-order valence-corrected chi connectivity index (χ2v) is 10.4. The number of aliphatic hydroxyl groups excluding tert-OH is 2. The summed E-state index contributed by atoms with van der Waals surface area (Å²) in [6.07, 6.45) is 1.96. The van der Waals surface area contributed by atoms with Gasteiger partial charge in [0.1, 0.15) is 18.0 Å². The maximum atomic E-state index is 12.4. The fourth-order valence-corrected chi connectivity index (χ4v) is 5.00. The van der Waals surface area contributed by atoms with E-state index in [1.807, 2.05) is 6.07 Å². The molecule has 1 fully saturated rings. The van der Waals surface area contributed by atoms with Crippen LogP contribution in [0.2, 0.25) is 0 Å². The lowest BCUT2D eigenvalue weighted by molar-refractivity contribution is -0.164. The summed E-state index contributed by atoms with van der Waals surface area (Å²) in [6.45, 7) is 6.14. The molecular formula is C26H29N7O7. The van der Waals surface area contributed by atoms with E-state index >= 15 is 0 Å². The maximum absolute atomic E-state index is 12.4. The first-order valence-corrected chi connectivity index (χ1v) is 13.2. The summed E-state index contributed by atoms with van der Waals surface area (Å²) in [5, 5.41) is 36.8. The monoisotopic (exact) mass is 551 g/mol. The molecule has 1 aliphatic carbocycles. The number of esters is 2. The van der Waals surface area contributed by atoms with Gasteiger partial charge in [-0.05, 0) is 44.6 Å². The summed E-state index contributed by atoms with van der Waals surface area (Å²) in [6, 6.07) is 1.91. The van der Waals surface area contributed by atoms with Gasteiger partial charge in [0.05, 0.1) is 23.3 Å². The van der Waals surface area contributed by atoms with Crippen molar-refractivity contribution in [3.05, 3.63) is 40.6 Å². The second-order valence-electron chi connectivity index (χ2n) is 10.4. The highest BCUT2D eigenvalue weighted by molar-refractivity contribution is 5.90. The Kier molecular flexibility index (Phi) is 6.90. The number of aromatic nitrogens is 6. The average Bonchev–Trinajstić information content (AvgIpc) is 3.29. The van der Waals surface area contributed by atoms with Crippen molar-refractivity contribution in [2.24, 2.45) is 5.92 Å². The van der Waals surface area contributed by atoms with Gasteiger partial charge in [0.25, 0.3) is 0 Å². The van der Waals surface area contributed by atoms with Crippen LogP contribution < -0.4 is 14.2 Å². The number of nitrogens with zero attached hydrogens (tertiary/aromatic N) is 7. The lowest BCUT2D eigenvalue weighted by atomic mass is 9.85. The van der Waals surface area contributed by atoms with Gasteiger partial charge < -0.3 is 24.4 Å². The normalized spacial score (nSPS) is 21.4. The smallest absolute Gasteiger partial charge is 0.343 e. The maximum Gasteiger partial charge on any atom is 0.343 e. The van der Waals surface area contributed by atoms with E-state index in [-0.39, 0.29) is 29.5 Å². The molecule has 0 amide bonds. The number of carbonyl (C=O) groups is 2. The molecule has 0 saturated heterocycles. The lowest BCUT2D eigenvalue weighted by Crippen LogP contribution is -2.45. The highest BCUT2D eigenvalue weighted by atomic mass is 16.6. The molecule has 0 radical (unpaired) electrons. The number of ether oxygens (including phenoxy) is 3. The van der Waals surface area contributed by atoms with Crippen molar-refractivity contribution in [2.45, 2.75) is 64.9 Å². The Bertz CT molecular complexity index is 1470. The van der Waals surface area contributed by atoms with Crippen molar-refractivity contribution in [3.63, 3.8) is 0 Å². The largest absolute Gasteiger partial charge is 0.470 e. The van der Waals surface area contributed by atoms with Gasteiger partial charge in [0, 0.05) is 25.7 Å². The van der Waals surface area contributed by atoms with Crippen LogP contribution in [-0.2, 0) is 29.2 Å². The quantitative estimate of drug-likeness (QED) is 0.402. The van der Waals surface area contributed by atoms with Crippen LogP contribution in [0.1, 0.15) is 47.6 Å². The van der Waals surface area contributed by atoms with Gasteiger partial charge in [0.2, 0.25) is 11.6 Å². The highest BCUT2D eigenvalue weighted by Gasteiger charge is 2.39. The van der Waals surface area contributed by atoms with Gasteiger partial charge in [-0.1, -0.05) is 11.6 Å². The van der Waals surface area contributed by atoms with E-state index in [4.69, 9.17) is 14.2 Å². The Morgan fingerprint density at radius 2 is 1.77 bits per heavy atom. The van der Waals surface area contributed by atoms with Gasteiger partial charge in [-0.3, -0.25) is 9.88 Å². The number of aliphatic hydroxyl groups is 2. The summed E-state index contributed by atoms with van der Waals surface area (Å²) in [4.78, 5) is 31.4. The van der Waals surface area contributed by atoms with E-state index in [1.165, 1.54) is 37.1 Å². The Morgan fingerprint density at radius 3 is 2.50 bits per heavy atom. The third kappa shape index (κ3) is 4.89. The van der Waals surface area contributed by atoms with Crippen LogP contribution in [0.3, 0.4) is 0 Å². The van der Waals surface area contributed by atoms with E-state index in [0.29, 0.717) is 17.3 Å². The number of rotatable bonds is 6.